The van der Waals surface area contributed by atoms with Gasteiger partial charge in [0.2, 0.25) is 0 Å². The van der Waals surface area contributed by atoms with E-state index in [9.17, 15) is 23.3 Å². The minimum Gasteiger partial charge on any atom is -0.258 e. The summed E-state index contributed by atoms with van der Waals surface area (Å²) in [5, 5.41) is 10.0. The van der Waals surface area contributed by atoms with Gasteiger partial charge in [0.05, 0.1) is 4.92 Å². The van der Waals surface area contributed by atoms with Gasteiger partial charge in [-0.1, -0.05) is 24.3 Å². The first kappa shape index (κ1) is 16.1. The lowest BCUT2D eigenvalue weighted by molar-refractivity contribution is -0.384. The first-order chi connectivity index (χ1) is 10.4. The van der Waals surface area contributed by atoms with Crippen LogP contribution in [0.25, 0.3) is 6.08 Å². The maximum absolute atomic E-state index is 13.5. The SMILES string of the molecule is O=[N+]([O-])c1ccc(C(S)C=Cc2c(F)cc(F)cc2F)cc1. The highest BCUT2D eigenvalue weighted by Crippen LogP contribution is 2.25. The van der Waals surface area contributed by atoms with Crippen LogP contribution in [0.15, 0.2) is 42.5 Å². The summed E-state index contributed by atoms with van der Waals surface area (Å²) in [5.74, 6) is -3.03. The van der Waals surface area contributed by atoms with Crippen LogP contribution in [-0.4, -0.2) is 4.92 Å². The van der Waals surface area contributed by atoms with Gasteiger partial charge in [0.25, 0.3) is 5.69 Å². The lowest BCUT2D eigenvalue weighted by Crippen LogP contribution is -1.93. The molecule has 0 saturated heterocycles. The fourth-order valence-corrected chi connectivity index (χ4v) is 2.06. The number of hydrogen-bond acceptors (Lipinski definition) is 3. The molecule has 0 spiro atoms. The number of nitrogens with zero attached hydrogens (tertiary/aromatic N) is 1. The van der Waals surface area contributed by atoms with Gasteiger partial charge < -0.3 is 0 Å². The van der Waals surface area contributed by atoms with E-state index >= 15 is 0 Å². The Labute approximate surface area is 129 Å². The highest BCUT2D eigenvalue weighted by atomic mass is 32.1. The third-order valence-electron chi connectivity index (χ3n) is 2.93. The van der Waals surface area contributed by atoms with Crippen LogP contribution in [0.1, 0.15) is 16.4 Å². The summed E-state index contributed by atoms with van der Waals surface area (Å²) in [4.78, 5) is 10.0. The molecule has 1 atom stereocenters. The van der Waals surface area contributed by atoms with Gasteiger partial charge in [0, 0.05) is 35.1 Å². The molecule has 0 aliphatic rings. The molecule has 0 heterocycles. The van der Waals surface area contributed by atoms with E-state index in [4.69, 9.17) is 0 Å². The van der Waals surface area contributed by atoms with Gasteiger partial charge in [0.1, 0.15) is 17.5 Å². The van der Waals surface area contributed by atoms with Crippen molar-refractivity contribution in [3.05, 3.63) is 81.2 Å². The number of nitro groups is 1. The maximum Gasteiger partial charge on any atom is 0.269 e. The minimum atomic E-state index is -1.02. The molecule has 0 fully saturated rings. The summed E-state index contributed by atoms with van der Waals surface area (Å²) in [6, 6.07) is 6.79. The van der Waals surface area contributed by atoms with Gasteiger partial charge in [-0.25, -0.2) is 13.2 Å². The van der Waals surface area contributed by atoms with Crippen molar-refractivity contribution >= 4 is 24.4 Å². The first-order valence-corrected chi connectivity index (χ1v) is 6.65. The van der Waals surface area contributed by atoms with Crippen LogP contribution in [0.4, 0.5) is 18.9 Å². The van der Waals surface area contributed by atoms with Crippen LogP contribution in [0.2, 0.25) is 0 Å². The Balaban J connectivity index is 2.21. The van der Waals surface area contributed by atoms with Crippen molar-refractivity contribution in [1.29, 1.82) is 0 Å². The molecule has 2 rings (SSSR count). The highest BCUT2D eigenvalue weighted by molar-refractivity contribution is 7.80. The van der Waals surface area contributed by atoms with Crippen molar-refractivity contribution < 1.29 is 18.1 Å². The van der Waals surface area contributed by atoms with E-state index in [2.05, 4.69) is 12.6 Å². The van der Waals surface area contributed by atoms with Crippen LogP contribution in [0.5, 0.6) is 0 Å². The minimum absolute atomic E-state index is 0.0658. The lowest BCUT2D eigenvalue weighted by atomic mass is 10.1. The topological polar surface area (TPSA) is 43.1 Å². The monoisotopic (exact) mass is 325 g/mol. The summed E-state index contributed by atoms with van der Waals surface area (Å²) in [6.07, 6.45) is 2.56. The Morgan fingerprint density at radius 3 is 2.14 bits per heavy atom. The Morgan fingerprint density at radius 1 is 1.09 bits per heavy atom. The van der Waals surface area contributed by atoms with E-state index in [1.807, 2.05) is 0 Å². The molecular weight excluding hydrogens is 315 g/mol. The summed E-state index contributed by atoms with van der Waals surface area (Å²) >= 11 is 4.25. The zero-order valence-corrected chi connectivity index (χ0v) is 11.9. The second-order valence-corrected chi connectivity index (χ2v) is 4.99. The fraction of sp³-hybridized carbons (Fsp3) is 0.0667. The van der Waals surface area contributed by atoms with Crippen molar-refractivity contribution in [2.24, 2.45) is 0 Å². The lowest BCUT2D eigenvalue weighted by Gasteiger charge is -2.06. The second-order valence-electron chi connectivity index (χ2n) is 4.44. The smallest absolute Gasteiger partial charge is 0.258 e. The fourth-order valence-electron chi connectivity index (χ4n) is 1.80. The molecule has 2 aromatic carbocycles. The predicted octanol–water partition coefficient (Wildman–Crippen LogP) is 4.70. The predicted molar refractivity (Wildman–Crippen MR) is 80.2 cm³/mol. The Hall–Kier alpha value is -2.28. The molecule has 0 aliphatic heterocycles. The van der Waals surface area contributed by atoms with E-state index in [0.717, 1.165) is 6.08 Å². The Kier molecular flexibility index (Phi) is 4.87. The third-order valence-corrected chi connectivity index (χ3v) is 3.40. The number of benzene rings is 2. The quantitative estimate of drug-likeness (QED) is 0.503. The van der Waals surface area contributed by atoms with Crippen molar-refractivity contribution in [2.45, 2.75) is 5.25 Å². The zero-order chi connectivity index (χ0) is 16.3. The number of halogens is 3. The number of non-ortho nitro benzene ring substituents is 1. The molecule has 0 bridgehead atoms. The van der Waals surface area contributed by atoms with Crippen LogP contribution in [0, 0.1) is 27.6 Å². The Bertz CT molecular complexity index is 709. The summed E-state index contributed by atoms with van der Waals surface area (Å²) in [6.45, 7) is 0. The molecule has 1 unspecified atom stereocenters. The van der Waals surface area contributed by atoms with Gasteiger partial charge >= 0.3 is 0 Å². The van der Waals surface area contributed by atoms with Crippen molar-refractivity contribution in [2.75, 3.05) is 0 Å². The third kappa shape index (κ3) is 3.67. The van der Waals surface area contributed by atoms with E-state index in [0.29, 0.717) is 17.7 Å². The molecule has 22 heavy (non-hydrogen) atoms. The van der Waals surface area contributed by atoms with Crippen LogP contribution in [0.3, 0.4) is 0 Å². The normalized spacial score (nSPS) is 12.5. The zero-order valence-electron chi connectivity index (χ0n) is 11.0. The van der Waals surface area contributed by atoms with E-state index < -0.39 is 27.6 Å². The molecule has 0 aromatic heterocycles. The second kappa shape index (κ2) is 6.65. The summed E-state index contributed by atoms with van der Waals surface area (Å²) in [7, 11) is 0. The van der Waals surface area contributed by atoms with Crippen molar-refractivity contribution in [3.8, 4) is 0 Å². The van der Waals surface area contributed by atoms with Crippen molar-refractivity contribution in [1.82, 2.24) is 0 Å². The molecule has 7 heteroatoms. The van der Waals surface area contributed by atoms with E-state index in [1.54, 1.807) is 0 Å². The Morgan fingerprint density at radius 2 is 1.64 bits per heavy atom. The number of hydrogen-bond donors (Lipinski definition) is 1. The van der Waals surface area contributed by atoms with Gasteiger partial charge in [0.15, 0.2) is 0 Å². The van der Waals surface area contributed by atoms with Gasteiger partial charge in [-0.15, -0.1) is 0 Å². The van der Waals surface area contributed by atoms with Crippen LogP contribution in [-0.2, 0) is 0 Å². The maximum atomic E-state index is 13.5. The average molecular weight is 325 g/mol. The molecule has 0 N–H and O–H groups in total. The van der Waals surface area contributed by atoms with Crippen LogP contribution >= 0.6 is 12.6 Å². The molecule has 0 radical (unpaired) electrons. The molecule has 114 valence electrons. The molecule has 2 aromatic rings. The summed E-state index contributed by atoms with van der Waals surface area (Å²) in [5.41, 5.74) is 0.180. The standard InChI is InChI=1S/C15H10F3NO2S/c16-10-7-13(17)12(14(18)8-10)5-6-15(22)9-1-3-11(4-2-9)19(20)21/h1-8,15,22H. The number of nitro benzene ring substituents is 1. The molecule has 0 aliphatic carbocycles. The highest BCUT2D eigenvalue weighted by Gasteiger charge is 2.11. The average Bonchev–Trinajstić information content (AvgIpc) is 2.46. The largest absolute Gasteiger partial charge is 0.269 e. The van der Waals surface area contributed by atoms with Gasteiger partial charge in [-0.05, 0) is 5.56 Å². The first-order valence-electron chi connectivity index (χ1n) is 6.13. The van der Waals surface area contributed by atoms with E-state index in [1.165, 1.54) is 30.3 Å². The van der Waals surface area contributed by atoms with Crippen LogP contribution < -0.4 is 0 Å². The molecular formula is C15H10F3NO2S. The molecule has 3 nitrogen and oxygen atoms in total. The van der Waals surface area contributed by atoms with Crippen molar-refractivity contribution in [3.63, 3.8) is 0 Å². The molecule has 0 amide bonds. The summed E-state index contributed by atoms with van der Waals surface area (Å²) < 4.78 is 39.8. The van der Waals surface area contributed by atoms with Gasteiger partial charge in [-0.2, -0.15) is 12.6 Å². The number of rotatable bonds is 4. The number of thiol groups is 1. The molecule has 0 saturated carbocycles. The van der Waals surface area contributed by atoms with E-state index in [-0.39, 0.29) is 11.3 Å². The van der Waals surface area contributed by atoms with Gasteiger partial charge in [-0.3, -0.25) is 10.1 Å².